The Morgan fingerprint density at radius 2 is 2.00 bits per heavy atom. The molecule has 2 aliphatic carbocycles. The highest BCUT2D eigenvalue weighted by Gasteiger charge is 2.22. The Hall–Kier alpha value is -1.04. The van der Waals surface area contributed by atoms with E-state index in [1.165, 1.54) is 11.1 Å². The lowest BCUT2D eigenvalue weighted by Crippen LogP contribution is -2.16. The van der Waals surface area contributed by atoms with Crippen molar-refractivity contribution in [2.24, 2.45) is 11.8 Å². The standard InChI is InChI=1S/C12H14/c1-9-5-3-7-11-8-4-6-10(2)12(9)11/h3-9,12H,1-2H3. The van der Waals surface area contributed by atoms with Crippen LogP contribution in [0.15, 0.2) is 47.6 Å². The van der Waals surface area contributed by atoms with Crippen LogP contribution in [0.2, 0.25) is 0 Å². The summed E-state index contributed by atoms with van der Waals surface area (Å²) in [6.45, 7) is 4.50. The van der Waals surface area contributed by atoms with E-state index >= 15 is 0 Å². The fraction of sp³-hybridized carbons (Fsp3) is 0.333. The molecule has 2 aliphatic rings. The SMILES string of the molecule is CC1=CC=CC2=CC=CC(C)C12. The van der Waals surface area contributed by atoms with Crippen LogP contribution in [0.5, 0.6) is 0 Å². The zero-order valence-electron chi connectivity index (χ0n) is 7.62. The third kappa shape index (κ3) is 1.08. The maximum Gasteiger partial charge on any atom is 0.0109 e. The van der Waals surface area contributed by atoms with Gasteiger partial charge in [-0.15, -0.1) is 0 Å². The topological polar surface area (TPSA) is 0 Å². The van der Waals surface area contributed by atoms with Crippen LogP contribution in [0, 0.1) is 11.8 Å². The van der Waals surface area contributed by atoms with Gasteiger partial charge in [-0.3, -0.25) is 0 Å². The quantitative estimate of drug-likeness (QED) is 0.507. The van der Waals surface area contributed by atoms with Crippen molar-refractivity contribution in [1.82, 2.24) is 0 Å². The fourth-order valence-electron chi connectivity index (χ4n) is 2.11. The molecule has 2 atom stereocenters. The van der Waals surface area contributed by atoms with Gasteiger partial charge in [-0.05, 0) is 18.4 Å². The molecule has 0 nitrogen and oxygen atoms in total. The highest BCUT2D eigenvalue weighted by atomic mass is 14.3. The smallest absolute Gasteiger partial charge is 0.0109 e. The number of hydrogen-bond acceptors (Lipinski definition) is 0. The minimum atomic E-state index is 0.639. The molecule has 0 aromatic carbocycles. The van der Waals surface area contributed by atoms with E-state index in [0.29, 0.717) is 11.8 Å². The first-order valence-electron chi connectivity index (χ1n) is 4.52. The van der Waals surface area contributed by atoms with E-state index in [9.17, 15) is 0 Å². The number of rotatable bonds is 0. The average Bonchev–Trinajstić information content (AvgIpc) is 2.04. The van der Waals surface area contributed by atoms with Gasteiger partial charge in [0, 0.05) is 5.92 Å². The summed E-state index contributed by atoms with van der Waals surface area (Å²) in [5.41, 5.74) is 2.95. The minimum Gasteiger partial charge on any atom is -0.0808 e. The van der Waals surface area contributed by atoms with Gasteiger partial charge in [-0.1, -0.05) is 49.0 Å². The van der Waals surface area contributed by atoms with E-state index < -0.39 is 0 Å². The van der Waals surface area contributed by atoms with Crippen molar-refractivity contribution in [3.63, 3.8) is 0 Å². The molecule has 0 heteroatoms. The highest BCUT2D eigenvalue weighted by Crippen LogP contribution is 2.34. The molecule has 12 heavy (non-hydrogen) atoms. The van der Waals surface area contributed by atoms with Gasteiger partial charge >= 0.3 is 0 Å². The molecule has 0 N–H and O–H groups in total. The largest absolute Gasteiger partial charge is 0.0808 e. The normalized spacial score (nSPS) is 32.5. The summed E-state index contributed by atoms with van der Waals surface area (Å²) < 4.78 is 0. The maximum absolute atomic E-state index is 2.28. The second kappa shape index (κ2) is 2.78. The minimum absolute atomic E-state index is 0.639. The third-order valence-corrected chi connectivity index (χ3v) is 2.73. The molecule has 0 fully saturated rings. The molecule has 0 spiro atoms. The Balaban J connectivity index is 2.40. The molecule has 0 amide bonds. The van der Waals surface area contributed by atoms with E-state index in [4.69, 9.17) is 0 Å². The summed E-state index contributed by atoms with van der Waals surface area (Å²) in [6, 6.07) is 0. The molecule has 2 rings (SSSR count). The van der Waals surface area contributed by atoms with Gasteiger partial charge in [-0.25, -0.2) is 0 Å². The van der Waals surface area contributed by atoms with Crippen molar-refractivity contribution in [1.29, 1.82) is 0 Å². The first-order valence-corrected chi connectivity index (χ1v) is 4.52. The lowest BCUT2D eigenvalue weighted by atomic mass is 9.76. The van der Waals surface area contributed by atoms with Crippen LogP contribution in [-0.2, 0) is 0 Å². The first-order chi connectivity index (χ1) is 5.79. The predicted octanol–water partition coefficient (Wildman–Crippen LogP) is 3.25. The number of allylic oxidation sites excluding steroid dienone is 8. The Bertz CT molecular complexity index is 300. The highest BCUT2D eigenvalue weighted by molar-refractivity contribution is 5.42. The van der Waals surface area contributed by atoms with Crippen LogP contribution in [0.1, 0.15) is 13.8 Å². The Labute approximate surface area is 74.0 Å². The van der Waals surface area contributed by atoms with Crippen molar-refractivity contribution >= 4 is 0 Å². The van der Waals surface area contributed by atoms with Gasteiger partial charge < -0.3 is 0 Å². The molecular weight excluding hydrogens is 144 g/mol. The molecule has 0 heterocycles. The van der Waals surface area contributed by atoms with Crippen molar-refractivity contribution in [2.75, 3.05) is 0 Å². The number of hydrogen-bond donors (Lipinski definition) is 0. The van der Waals surface area contributed by atoms with Gasteiger partial charge in [-0.2, -0.15) is 0 Å². The Morgan fingerprint density at radius 1 is 1.17 bits per heavy atom. The van der Waals surface area contributed by atoms with Crippen molar-refractivity contribution in [2.45, 2.75) is 13.8 Å². The monoisotopic (exact) mass is 158 g/mol. The zero-order valence-corrected chi connectivity index (χ0v) is 7.62. The lowest BCUT2D eigenvalue weighted by molar-refractivity contribution is 0.554. The summed E-state index contributed by atoms with van der Waals surface area (Å²) in [5.74, 6) is 1.30. The van der Waals surface area contributed by atoms with Gasteiger partial charge in [0.25, 0.3) is 0 Å². The Morgan fingerprint density at radius 3 is 2.75 bits per heavy atom. The molecule has 0 aliphatic heterocycles. The van der Waals surface area contributed by atoms with Gasteiger partial charge in [0.2, 0.25) is 0 Å². The van der Waals surface area contributed by atoms with Crippen LogP contribution in [0.3, 0.4) is 0 Å². The molecule has 0 saturated carbocycles. The van der Waals surface area contributed by atoms with E-state index in [2.05, 4.69) is 50.3 Å². The van der Waals surface area contributed by atoms with E-state index in [0.717, 1.165) is 0 Å². The van der Waals surface area contributed by atoms with E-state index in [1.807, 2.05) is 0 Å². The van der Waals surface area contributed by atoms with Crippen molar-refractivity contribution in [3.8, 4) is 0 Å². The summed E-state index contributed by atoms with van der Waals surface area (Å²) in [6.07, 6.45) is 13.3. The molecule has 0 aromatic heterocycles. The second-order valence-corrected chi connectivity index (χ2v) is 3.66. The summed E-state index contributed by atoms with van der Waals surface area (Å²) >= 11 is 0. The third-order valence-electron chi connectivity index (χ3n) is 2.73. The number of fused-ring (bicyclic) bond motifs is 1. The van der Waals surface area contributed by atoms with Crippen LogP contribution in [-0.4, -0.2) is 0 Å². The van der Waals surface area contributed by atoms with Crippen LogP contribution < -0.4 is 0 Å². The molecule has 2 unspecified atom stereocenters. The summed E-state index contributed by atoms with van der Waals surface area (Å²) in [4.78, 5) is 0. The van der Waals surface area contributed by atoms with Crippen molar-refractivity contribution in [3.05, 3.63) is 47.6 Å². The first kappa shape index (κ1) is 7.60. The molecular formula is C12H14. The van der Waals surface area contributed by atoms with Gasteiger partial charge in [0.1, 0.15) is 0 Å². The maximum atomic E-state index is 2.28. The van der Waals surface area contributed by atoms with E-state index in [1.54, 1.807) is 0 Å². The molecule has 0 aromatic rings. The molecule has 0 bridgehead atoms. The lowest BCUT2D eigenvalue weighted by Gasteiger charge is -2.28. The van der Waals surface area contributed by atoms with Gasteiger partial charge in [0.15, 0.2) is 0 Å². The van der Waals surface area contributed by atoms with Crippen LogP contribution >= 0.6 is 0 Å². The van der Waals surface area contributed by atoms with E-state index in [-0.39, 0.29) is 0 Å². The van der Waals surface area contributed by atoms with Crippen LogP contribution in [0.4, 0.5) is 0 Å². The van der Waals surface area contributed by atoms with Crippen LogP contribution in [0.25, 0.3) is 0 Å². The predicted molar refractivity (Wildman–Crippen MR) is 52.8 cm³/mol. The summed E-state index contributed by atoms with van der Waals surface area (Å²) in [5, 5.41) is 0. The Kier molecular flexibility index (Phi) is 1.76. The summed E-state index contributed by atoms with van der Waals surface area (Å²) in [7, 11) is 0. The average molecular weight is 158 g/mol. The zero-order chi connectivity index (χ0) is 8.55. The van der Waals surface area contributed by atoms with Crippen molar-refractivity contribution < 1.29 is 0 Å². The molecule has 0 saturated heterocycles. The van der Waals surface area contributed by atoms with Gasteiger partial charge in [0.05, 0.1) is 0 Å². The molecule has 62 valence electrons. The second-order valence-electron chi connectivity index (χ2n) is 3.66. The fourth-order valence-corrected chi connectivity index (χ4v) is 2.11. The molecule has 0 radical (unpaired) electrons.